The fraction of sp³-hybridized carbons (Fsp3) is 0.417. The van der Waals surface area contributed by atoms with Crippen LogP contribution in [0.25, 0.3) is 0 Å². The lowest BCUT2D eigenvalue weighted by Gasteiger charge is -2.12. The fourth-order valence-electron chi connectivity index (χ4n) is 1.68. The number of hydrogen-bond donors (Lipinski definition) is 2. The number of anilines is 1. The van der Waals surface area contributed by atoms with Crippen molar-refractivity contribution in [3.05, 3.63) is 29.6 Å². The van der Waals surface area contributed by atoms with Crippen molar-refractivity contribution in [2.24, 2.45) is 4.99 Å². The molecule has 0 fully saturated rings. The first kappa shape index (κ1) is 10.9. The van der Waals surface area contributed by atoms with Crippen molar-refractivity contribution in [2.45, 2.75) is 19.9 Å². The molecule has 0 bridgehead atoms. The number of hydrogen-bond acceptors (Lipinski definition) is 3. The lowest BCUT2D eigenvalue weighted by molar-refractivity contribution is 0.627. The number of aliphatic imine (C=N–C) groups is 1. The molecule has 0 unspecified atom stereocenters. The van der Waals surface area contributed by atoms with Gasteiger partial charge < -0.3 is 10.6 Å². The number of nitrogens with one attached hydrogen (secondary N) is 2. The first-order chi connectivity index (χ1) is 7.66. The highest BCUT2D eigenvalue weighted by Crippen LogP contribution is 2.17. The van der Waals surface area contributed by atoms with Gasteiger partial charge in [0, 0.05) is 18.2 Å². The molecule has 2 rings (SSSR count). The Labute approximate surface area is 94.8 Å². The Balaban J connectivity index is 2.22. The molecule has 0 radical (unpaired) electrons. The second kappa shape index (κ2) is 4.51. The van der Waals surface area contributed by atoms with Gasteiger partial charge in [0.25, 0.3) is 0 Å². The summed E-state index contributed by atoms with van der Waals surface area (Å²) in [4.78, 5) is 4.26. The maximum atomic E-state index is 13.7. The average Bonchev–Trinajstić information content (AvgIpc) is 2.73. The smallest absolute Gasteiger partial charge is 0.147 e. The highest BCUT2D eigenvalue weighted by atomic mass is 19.1. The predicted octanol–water partition coefficient (Wildman–Crippen LogP) is 2.00. The predicted molar refractivity (Wildman–Crippen MR) is 64.6 cm³/mol. The van der Waals surface area contributed by atoms with Gasteiger partial charge in [0.05, 0.1) is 12.2 Å². The molecule has 0 saturated heterocycles. The van der Waals surface area contributed by atoms with Gasteiger partial charge in [-0.15, -0.1) is 0 Å². The Morgan fingerprint density at radius 1 is 1.44 bits per heavy atom. The lowest BCUT2D eigenvalue weighted by Crippen LogP contribution is -2.20. The quantitative estimate of drug-likeness (QED) is 0.819. The summed E-state index contributed by atoms with van der Waals surface area (Å²) >= 11 is 0. The first-order valence-corrected chi connectivity index (χ1v) is 5.51. The van der Waals surface area contributed by atoms with E-state index in [1.54, 1.807) is 6.07 Å². The molecule has 1 aliphatic rings. The summed E-state index contributed by atoms with van der Waals surface area (Å²) in [5.74, 6) is 0.553. The minimum atomic E-state index is -0.234. The van der Waals surface area contributed by atoms with Crippen molar-refractivity contribution in [1.82, 2.24) is 5.32 Å². The monoisotopic (exact) mass is 221 g/mol. The van der Waals surface area contributed by atoms with Gasteiger partial charge >= 0.3 is 0 Å². The van der Waals surface area contributed by atoms with Gasteiger partial charge in [0.1, 0.15) is 11.7 Å². The molecule has 0 saturated carbocycles. The van der Waals surface area contributed by atoms with Crippen molar-refractivity contribution >= 4 is 11.5 Å². The Kier molecular flexibility index (Phi) is 3.08. The van der Waals surface area contributed by atoms with Crippen LogP contribution < -0.4 is 10.6 Å². The van der Waals surface area contributed by atoms with Crippen LogP contribution in [0.1, 0.15) is 19.4 Å². The third-order valence-electron chi connectivity index (χ3n) is 2.36. The van der Waals surface area contributed by atoms with Crippen molar-refractivity contribution in [3.8, 4) is 0 Å². The van der Waals surface area contributed by atoms with Crippen LogP contribution in [0, 0.1) is 5.82 Å². The van der Waals surface area contributed by atoms with Crippen LogP contribution in [0.2, 0.25) is 0 Å². The largest absolute Gasteiger partial charge is 0.381 e. The van der Waals surface area contributed by atoms with E-state index in [0.717, 1.165) is 24.5 Å². The molecule has 4 heteroatoms. The zero-order chi connectivity index (χ0) is 11.5. The van der Waals surface area contributed by atoms with Crippen molar-refractivity contribution in [2.75, 3.05) is 18.4 Å². The van der Waals surface area contributed by atoms with Crippen LogP contribution in [-0.2, 0) is 0 Å². The van der Waals surface area contributed by atoms with E-state index >= 15 is 0 Å². The number of amidine groups is 1. The Morgan fingerprint density at radius 3 is 2.81 bits per heavy atom. The Morgan fingerprint density at radius 2 is 2.25 bits per heavy atom. The molecule has 0 spiro atoms. The molecular weight excluding hydrogens is 205 g/mol. The summed E-state index contributed by atoms with van der Waals surface area (Å²) in [6.45, 7) is 5.57. The minimum absolute atomic E-state index is 0.224. The summed E-state index contributed by atoms with van der Waals surface area (Å²) in [6, 6.07) is 5.38. The van der Waals surface area contributed by atoms with Gasteiger partial charge in [-0.05, 0) is 32.0 Å². The van der Waals surface area contributed by atoms with Gasteiger partial charge in [-0.3, -0.25) is 4.99 Å². The van der Waals surface area contributed by atoms with E-state index < -0.39 is 0 Å². The van der Waals surface area contributed by atoms with Crippen LogP contribution in [0.3, 0.4) is 0 Å². The third-order valence-corrected chi connectivity index (χ3v) is 2.36. The van der Waals surface area contributed by atoms with E-state index in [4.69, 9.17) is 0 Å². The van der Waals surface area contributed by atoms with Crippen molar-refractivity contribution in [1.29, 1.82) is 0 Å². The minimum Gasteiger partial charge on any atom is -0.381 e. The molecule has 2 N–H and O–H groups in total. The summed E-state index contributed by atoms with van der Waals surface area (Å²) < 4.78 is 13.7. The topological polar surface area (TPSA) is 36.4 Å². The molecule has 0 amide bonds. The molecular formula is C12H16FN3. The standard InChI is InChI=1S/C12H16FN3/c1-8(2)16-11-4-3-9(7-10(11)13)12-14-5-6-15-12/h3-4,7-8,16H,5-6H2,1-2H3,(H,14,15). The Bertz CT molecular complexity index is 413. The van der Waals surface area contributed by atoms with E-state index in [-0.39, 0.29) is 11.9 Å². The Hall–Kier alpha value is -1.58. The second-order valence-electron chi connectivity index (χ2n) is 4.15. The maximum absolute atomic E-state index is 13.7. The van der Waals surface area contributed by atoms with Gasteiger partial charge in [-0.25, -0.2) is 4.39 Å². The molecule has 0 aromatic heterocycles. The number of rotatable bonds is 3. The van der Waals surface area contributed by atoms with Crippen LogP contribution >= 0.6 is 0 Å². The zero-order valence-corrected chi connectivity index (χ0v) is 9.55. The average molecular weight is 221 g/mol. The summed E-state index contributed by atoms with van der Waals surface area (Å²) in [6.07, 6.45) is 0. The van der Waals surface area contributed by atoms with Gasteiger partial charge in [-0.1, -0.05) is 0 Å². The first-order valence-electron chi connectivity index (χ1n) is 5.51. The highest BCUT2D eigenvalue weighted by Gasteiger charge is 2.11. The van der Waals surface area contributed by atoms with Crippen molar-refractivity contribution < 1.29 is 4.39 Å². The molecule has 86 valence electrons. The van der Waals surface area contributed by atoms with Crippen LogP contribution in [0.15, 0.2) is 23.2 Å². The fourth-order valence-corrected chi connectivity index (χ4v) is 1.68. The van der Waals surface area contributed by atoms with E-state index in [1.165, 1.54) is 6.07 Å². The highest BCUT2D eigenvalue weighted by molar-refractivity contribution is 6.00. The number of benzene rings is 1. The molecule has 1 aliphatic heterocycles. The lowest BCUT2D eigenvalue weighted by atomic mass is 10.1. The summed E-state index contributed by atoms with van der Waals surface area (Å²) in [5.41, 5.74) is 1.35. The molecule has 1 heterocycles. The summed E-state index contributed by atoms with van der Waals surface area (Å²) in [7, 11) is 0. The molecule has 0 atom stereocenters. The molecule has 1 aromatic carbocycles. The number of nitrogens with zero attached hydrogens (tertiary/aromatic N) is 1. The van der Waals surface area contributed by atoms with E-state index in [2.05, 4.69) is 15.6 Å². The van der Waals surface area contributed by atoms with Crippen LogP contribution in [0.5, 0.6) is 0 Å². The van der Waals surface area contributed by atoms with Gasteiger partial charge in [0.2, 0.25) is 0 Å². The molecule has 3 nitrogen and oxygen atoms in total. The molecule has 1 aromatic rings. The van der Waals surface area contributed by atoms with Crippen LogP contribution in [-0.4, -0.2) is 25.0 Å². The SMILES string of the molecule is CC(C)Nc1ccc(C2=NCCN2)cc1F. The third kappa shape index (κ3) is 2.32. The van der Waals surface area contributed by atoms with Crippen LogP contribution in [0.4, 0.5) is 10.1 Å². The van der Waals surface area contributed by atoms with E-state index in [0.29, 0.717) is 5.69 Å². The van der Waals surface area contributed by atoms with E-state index in [1.807, 2.05) is 19.9 Å². The van der Waals surface area contributed by atoms with Gasteiger partial charge in [0.15, 0.2) is 0 Å². The number of halogens is 1. The zero-order valence-electron chi connectivity index (χ0n) is 9.55. The normalized spacial score (nSPS) is 14.9. The molecule has 16 heavy (non-hydrogen) atoms. The van der Waals surface area contributed by atoms with Crippen molar-refractivity contribution in [3.63, 3.8) is 0 Å². The van der Waals surface area contributed by atoms with E-state index in [9.17, 15) is 4.39 Å². The van der Waals surface area contributed by atoms with Gasteiger partial charge in [-0.2, -0.15) is 0 Å². The second-order valence-corrected chi connectivity index (χ2v) is 4.15. The summed E-state index contributed by atoms with van der Waals surface area (Å²) in [5, 5.41) is 6.18. The molecule has 0 aliphatic carbocycles. The maximum Gasteiger partial charge on any atom is 0.147 e.